The van der Waals surface area contributed by atoms with Crippen LogP contribution >= 0.6 is 11.6 Å². The van der Waals surface area contributed by atoms with Gasteiger partial charge in [-0.3, -0.25) is 4.79 Å². The zero-order chi connectivity index (χ0) is 24.6. The standard InChI is InChI=1S/C27H19ClF3N3O/c28-21-12-8-18(9-13-21)25-32-23-14-15-34(16-22(23)24(33-25)17-4-2-1-3-5-17)26(35)19-6-10-20(11-7-19)27(29,30)31/h1-13H,14-16H2. The molecule has 0 bridgehead atoms. The molecule has 2 heterocycles. The number of halogens is 4. The third-order valence-corrected chi connectivity index (χ3v) is 6.21. The fourth-order valence-electron chi connectivity index (χ4n) is 4.13. The van der Waals surface area contributed by atoms with E-state index in [-0.39, 0.29) is 18.0 Å². The van der Waals surface area contributed by atoms with Crippen molar-refractivity contribution < 1.29 is 18.0 Å². The number of amides is 1. The van der Waals surface area contributed by atoms with Gasteiger partial charge in [-0.05, 0) is 48.5 Å². The van der Waals surface area contributed by atoms with Crippen LogP contribution in [0, 0.1) is 0 Å². The first-order chi connectivity index (χ1) is 16.8. The number of benzene rings is 3. The minimum absolute atomic E-state index is 0.210. The lowest BCUT2D eigenvalue weighted by Crippen LogP contribution is -2.37. The first-order valence-electron chi connectivity index (χ1n) is 11.0. The van der Waals surface area contributed by atoms with Crippen molar-refractivity contribution in [1.29, 1.82) is 0 Å². The Bertz CT molecular complexity index is 1370. The largest absolute Gasteiger partial charge is 0.416 e. The monoisotopic (exact) mass is 493 g/mol. The molecule has 35 heavy (non-hydrogen) atoms. The van der Waals surface area contributed by atoms with Crippen LogP contribution in [0.3, 0.4) is 0 Å². The van der Waals surface area contributed by atoms with Crippen molar-refractivity contribution in [2.24, 2.45) is 0 Å². The Morgan fingerprint density at radius 3 is 2.20 bits per heavy atom. The van der Waals surface area contributed by atoms with Crippen LogP contribution in [0.5, 0.6) is 0 Å². The molecule has 0 saturated carbocycles. The molecule has 0 unspecified atom stereocenters. The molecule has 4 nitrogen and oxygen atoms in total. The highest BCUT2D eigenvalue weighted by Gasteiger charge is 2.31. The maximum absolute atomic E-state index is 13.1. The quantitative estimate of drug-likeness (QED) is 0.320. The molecule has 1 aliphatic heterocycles. The minimum Gasteiger partial charge on any atom is -0.334 e. The van der Waals surface area contributed by atoms with Gasteiger partial charge in [-0.25, -0.2) is 9.97 Å². The van der Waals surface area contributed by atoms with E-state index in [9.17, 15) is 18.0 Å². The van der Waals surface area contributed by atoms with Crippen LogP contribution in [-0.4, -0.2) is 27.3 Å². The minimum atomic E-state index is -4.45. The first kappa shape index (κ1) is 23.1. The second kappa shape index (κ2) is 9.15. The molecule has 0 N–H and O–H groups in total. The molecule has 0 fully saturated rings. The third kappa shape index (κ3) is 4.77. The number of hydrogen-bond donors (Lipinski definition) is 0. The van der Waals surface area contributed by atoms with Crippen molar-refractivity contribution in [2.75, 3.05) is 6.54 Å². The van der Waals surface area contributed by atoms with E-state index in [1.54, 1.807) is 17.0 Å². The van der Waals surface area contributed by atoms with Crippen molar-refractivity contribution in [1.82, 2.24) is 14.9 Å². The summed E-state index contributed by atoms with van der Waals surface area (Å²) in [6.45, 7) is 0.665. The summed E-state index contributed by atoms with van der Waals surface area (Å²) in [7, 11) is 0. The van der Waals surface area contributed by atoms with Gasteiger partial charge in [-0.1, -0.05) is 41.9 Å². The van der Waals surface area contributed by atoms with Gasteiger partial charge in [0.2, 0.25) is 0 Å². The third-order valence-electron chi connectivity index (χ3n) is 5.96. The van der Waals surface area contributed by atoms with Crippen LogP contribution in [0.25, 0.3) is 22.6 Å². The molecule has 4 aromatic rings. The lowest BCUT2D eigenvalue weighted by molar-refractivity contribution is -0.137. The van der Waals surface area contributed by atoms with Crippen molar-refractivity contribution in [3.63, 3.8) is 0 Å². The number of hydrogen-bond acceptors (Lipinski definition) is 3. The van der Waals surface area contributed by atoms with E-state index in [1.807, 2.05) is 42.5 Å². The van der Waals surface area contributed by atoms with E-state index < -0.39 is 11.7 Å². The van der Waals surface area contributed by atoms with E-state index in [0.29, 0.717) is 23.8 Å². The molecule has 5 rings (SSSR count). The van der Waals surface area contributed by atoms with Crippen molar-refractivity contribution in [3.8, 4) is 22.6 Å². The molecule has 3 aromatic carbocycles. The SMILES string of the molecule is O=C(c1ccc(C(F)(F)F)cc1)N1CCc2nc(-c3ccc(Cl)cc3)nc(-c3ccccc3)c2C1. The van der Waals surface area contributed by atoms with E-state index in [2.05, 4.69) is 0 Å². The zero-order valence-corrected chi connectivity index (χ0v) is 19.1. The van der Waals surface area contributed by atoms with Gasteiger partial charge in [-0.2, -0.15) is 13.2 Å². The Hall–Kier alpha value is -3.71. The number of aromatic nitrogens is 2. The van der Waals surface area contributed by atoms with Crippen LogP contribution in [0.4, 0.5) is 13.2 Å². The van der Waals surface area contributed by atoms with Crippen LogP contribution < -0.4 is 0 Å². The molecular formula is C27H19ClF3N3O. The topological polar surface area (TPSA) is 46.1 Å². The smallest absolute Gasteiger partial charge is 0.334 e. The Morgan fingerprint density at radius 2 is 1.54 bits per heavy atom. The van der Waals surface area contributed by atoms with Gasteiger partial charge in [-0.15, -0.1) is 0 Å². The molecule has 0 saturated heterocycles. The maximum atomic E-state index is 13.1. The van der Waals surface area contributed by atoms with E-state index in [0.717, 1.165) is 40.2 Å². The molecule has 0 aliphatic carbocycles. The van der Waals surface area contributed by atoms with Crippen LogP contribution in [0.1, 0.15) is 27.2 Å². The zero-order valence-electron chi connectivity index (χ0n) is 18.4. The number of fused-ring (bicyclic) bond motifs is 1. The number of carbonyl (C=O) groups excluding carboxylic acids is 1. The fraction of sp³-hybridized carbons (Fsp3) is 0.148. The predicted octanol–water partition coefficient (Wildman–Crippen LogP) is 6.68. The fourth-order valence-corrected chi connectivity index (χ4v) is 4.26. The Labute approximate surface area is 205 Å². The highest BCUT2D eigenvalue weighted by Crippen LogP contribution is 2.32. The van der Waals surface area contributed by atoms with Crippen LogP contribution in [0.2, 0.25) is 5.02 Å². The van der Waals surface area contributed by atoms with Gasteiger partial charge in [0.25, 0.3) is 5.91 Å². The molecule has 0 spiro atoms. The highest BCUT2D eigenvalue weighted by molar-refractivity contribution is 6.30. The van der Waals surface area contributed by atoms with Gasteiger partial charge >= 0.3 is 6.18 Å². The second-order valence-corrected chi connectivity index (χ2v) is 8.68. The van der Waals surface area contributed by atoms with E-state index in [1.165, 1.54) is 12.1 Å². The summed E-state index contributed by atoms with van der Waals surface area (Å²) < 4.78 is 38.7. The molecule has 1 aromatic heterocycles. The summed E-state index contributed by atoms with van der Waals surface area (Å²) in [5, 5.41) is 0.618. The summed E-state index contributed by atoms with van der Waals surface area (Å²) in [5.74, 6) is 0.243. The normalized spacial score (nSPS) is 13.4. The second-order valence-electron chi connectivity index (χ2n) is 8.25. The summed E-state index contributed by atoms with van der Waals surface area (Å²) in [6, 6.07) is 21.2. The number of nitrogens with zero attached hydrogens (tertiary/aromatic N) is 3. The number of rotatable bonds is 3. The molecular weight excluding hydrogens is 475 g/mol. The molecule has 1 aliphatic rings. The summed E-state index contributed by atoms with van der Waals surface area (Å²) >= 11 is 6.03. The highest BCUT2D eigenvalue weighted by atomic mass is 35.5. The van der Waals surface area contributed by atoms with Gasteiger partial charge < -0.3 is 4.90 Å². The number of alkyl halides is 3. The first-order valence-corrected chi connectivity index (χ1v) is 11.3. The van der Waals surface area contributed by atoms with Crippen LogP contribution in [-0.2, 0) is 19.1 Å². The average molecular weight is 494 g/mol. The van der Waals surface area contributed by atoms with Gasteiger partial charge in [0, 0.05) is 46.8 Å². The van der Waals surface area contributed by atoms with E-state index in [4.69, 9.17) is 21.6 Å². The van der Waals surface area contributed by atoms with Gasteiger partial charge in [0.05, 0.1) is 17.0 Å². The lowest BCUT2D eigenvalue weighted by Gasteiger charge is -2.30. The predicted molar refractivity (Wildman–Crippen MR) is 128 cm³/mol. The Morgan fingerprint density at radius 1 is 0.857 bits per heavy atom. The summed E-state index contributed by atoms with van der Waals surface area (Å²) in [4.78, 5) is 24.4. The van der Waals surface area contributed by atoms with Crippen molar-refractivity contribution in [3.05, 3.63) is 106 Å². The summed E-state index contributed by atoms with van der Waals surface area (Å²) in [6.07, 6.45) is -3.94. The molecule has 176 valence electrons. The Balaban J connectivity index is 1.51. The molecule has 0 atom stereocenters. The van der Waals surface area contributed by atoms with Crippen molar-refractivity contribution >= 4 is 17.5 Å². The lowest BCUT2D eigenvalue weighted by atomic mass is 9.98. The van der Waals surface area contributed by atoms with Gasteiger partial charge in [0.15, 0.2) is 5.82 Å². The van der Waals surface area contributed by atoms with E-state index >= 15 is 0 Å². The molecule has 0 radical (unpaired) electrons. The molecule has 1 amide bonds. The Kier molecular flexibility index (Phi) is 6.03. The van der Waals surface area contributed by atoms with Gasteiger partial charge in [0.1, 0.15) is 0 Å². The van der Waals surface area contributed by atoms with Crippen LogP contribution in [0.15, 0.2) is 78.9 Å². The maximum Gasteiger partial charge on any atom is 0.416 e. The number of carbonyl (C=O) groups is 1. The van der Waals surface area contributed by atoms with Crippen molar-refractivity contribution in [2.45, 2.75) is 19.1 Å². The average Bonchev–Trinajstić information content (AvgIpc) is 2.88. The summed E-state index contributed by atoms with van der Waals surface area (Å²) in [5.41, 5.74) is 3.56. The molecule has 8 heteroatoms.